The van der Waals surface area contributed by atoms with Crippen LogP contribution in [0.2, 0.25) is 0 Å². The molecule has 1 aromatic carbocycles. The average Bonchev–Trinajstić information content (AvgIpc) is 2.17. The summed E-state index contributed by atoms with van der Waals surface area (Å²) < 4.78 is 4.35. The van der Waals surface area contributed by atoms with Crippen molar-refractivity contribution in [1.29, 1.82) is 0 Å². The summed E-state index contributed by atoms with van der Waals surface area (Å²) in [4.78, 5) is 22.0. The summed E-state index contributed by atoms with van der Waals surface area (Å²) in [6, 6.07) is 4.44. The maximum atomic E-state index is 11.3. The minimum atomic E-state index is -0.891. The molecule has 0 aromatic heterocycles. The zero-order chi connectivity index (χ0) is 11.4. The van der Waals surface area contributed by atoms with E-state index in [0.29, 0.717) is 0 Å². The van der Waals surface area contributed by atoms with E-state index in [2.05, 4.69) is 11.3 Å². The maximum absolute atomic E-state index is 11.3. The number of phenolic OH excluding ortho intramolecular Hbond substituents is 1. The van der Waals surface area contributed by atoms with Gasteiger partial charge in [0.1, 0.15) is 11.3 Å². The second-order valence-electron chi connectivity index (χ2n) is 2.93. The Balaban J connectivity index is 2.92. The van der Waals surface area contributed by atoms with Crippen LogP contribution in [0.1, 0.15) is 15.9 Å². The normalized spacial score (nSPS) is 9.40. The van der Waals surface area contributed by atoms with Gasteiger partial charge in [0.2, 0.25) is 0 Å². The number of hydrogen-bond donors (Lipinski definition) is 1. The molecule has 0 spiro atoms. The summed E-state index contributed by atoms with van der Waals surface area (Å²) in [5.74, 6) is -1.95. The van der Waals surface area contributed by atoms with Crippen molar-refractivity contribution < 1.29 is 19.4 Å². The molecule has 0 atom stereocenters. The third-order valence-corrected chi connectivity index (χ3v) is 1.73. The van der Waals surface area contributed by atoms with E-state index >= 15 is 0 Å². The standard InChI is InChI=1S/C11H10O4/c1-3-10(13)15-11(14)8-5-4-7(2)6-9(8)12/h3-6,12H,1H2,2H3. The van der Waals surface area contributed by atoms with Crippen molar-refractivity contribution in [2.24, 2.45) is 0 Å². The minimum Gasteiger partial charge on any atom is -0.507 e. The first-order valence-electron chi connectivity index (χ1n) is 4.23. The van der Waals surface area contributed by atoms with Crippen molar-refractivity contribution in [2.75, 3.05) is 0 Å². The molecular weight excluding hydrogens is 196 g/mol. The van der Waals surface area contributed by atoms with Gasteiger partial charge in [-0.15, -0.1) is 0 Å². The van der Waals surface area contributed by atoms with Crippen LogP contribution in [0.3, 0.4) is 0 Å². The average molecular weight is 206 g/mol. The molecule has 0 amide bonds. The Kier molecular flexibility index (Phi) is 3.23. The number of carbonyl (C=O) groups excluding carboxylic acids is 2. The number of rotatable bonds is 2. The van der Waals surface area contributed by atoms with Gasteiger partial charge in [0, 0.05) is 6.08 Å². The number of ether oxygens (including phenoxy) is 1. The van der Waals surface area contributed by atoms with E-state index in [1.807, 2.05) is 0 Å². The van der Waals surface area contributed by atoms with Gasteiger partial charge in [0.05, 0.1) is 0 Å². The quantitative estimate of drug-likeness (QED) is 0.453. The highest BCUT2D eigenvalue weighted by atomic mass is 16.6. The molecular formula is C11H10O4. The highest BCUT2D eigenvalue weighted by molar-refractivity contribution is 6.01. The SMILES string of the molecule is C=CC(=O)OC(=O)c1ccc(C)cc1O. The predicted molar refractivity (Wildman–Crippen MR) is 53.5 cm³/mol. The molecule has 0 saturated carbocycles. The van der Waals surface area contributed by atoms with E-state index in [4.69, 9.17) is 0 Å². The highest BCUT2D eigenvalue weighted by Gasteiger charge is 2.14. The Morgan fingerprint density at radius 3 is 2.67 bits per heavy atom. The lowest BCUT2D eigenvalue weighted by molar-refractivity contribution is -0.132. The van der Waals surface area contributed by atoms with Crippen molar-refractivity contribution in [2.45, 2.75) is 6.92 Å². The molecule has 0 saturated heterocycles. The molecule has 0 aliphatic rings. The van der Waals surface area contributed by atoms with Crippen LogP contribution in [0, 0.1) is 6.92 Å². The lowest BCUT2D eigenvalue weighted by Crippen LogP contribution is -2.10. The Labute approximate surface area is 86.8 Å². The summed E-state index contributed by atoms with van der Waals surface area (Å²) in [5.41, 5.74) is 0.759. The molecule has 0 unspecified atom stereocenters. The Morgan fingerprint density at radius 2 is 2.13 bits per heavy atom. The molecule has 15 heavy (non-hydrogen) atoms. The van der Waals surface area contributed by atoms with Crippen LogP contribution < -0.4 is 0 Å². The largest absolute Gasteiger partial charge is 0.507 e. The van der Waals surface area contributed by atoms with E-state index in [0.717, 1.165) is 11.6 Å². The second kappa shape index (κ2) is 4.41. The van der Waals surface area contributed by atoms with E-state index < -0.39 is 11.9 Å². The third-order valence-electron chi connectivity index (χ3n) is 1.73. The molecule has 78 valence electrons. The molecule has 0 fully saturated rings. The lowest BCUT2D eigenvalue weighted by atomic mass is 10.1. The number of aromatic hydroxyl groups is 1. The van der Waals surface area contributed by atoms with Crippen molar-refractivity contribution in [3.05, 3.63) is 42.0 Å². The summed E-state index contributed by atoms with van der Waals surface area (Å²) in [5, 5.41) is 9.41. The Bertz CT molecular complexity index is 421. The maximum Gasteiger partial charge on any atom is 0.349 e. The number of esters is 2. The first-order valence-corrected chi connectivity index (χ1v) is 4.23. The third kappa shape index (κ3) is 2.67. The van der Waals surface area contributed by atoms with Crippen LogP contribution in [-0.4, -0.2) is 17.0 Å². The number of aryl methyl sites for hydroxylation is 1. The fraction of sp³-hybridized carbons (Fsp3) is 0.0909. The van der Waals surface area contributed by atoms with Gasteiger partial charge in [-0.3, -0.25) is 0 Å². The molecule has 0 radical (unpaired) electrons. The van der Waals surface area contributed by atoms with Crippen molar-refractivity contribution >= 4 is 11.9 Å². The van der Waals surface area contributed by atoms with Gasteiger partial charge in [-0.05, 0) is 24.6 Å². The van der Waals surface area contributed by atoms with Crippen molar-refractivity contribution in [3.63, 3.8) is 0 Å². The number of benzene rings is 1. The topological polar surface area (TPSA) is 63.6 Å². The van der Waals surface area contributed by atoms with E-state index in [-0.39, 0.29) is 11.3 Å². The van der Waals surface area contributed by atoms with Gasteiger partial charge < -0.3 is 9.84 Å². The summed E-state index contributed by atoms with van der Waals surface area (Å²) in [6.45, 7) is 4.92. The van der Waals surface area contributed by atoms with Gasteiger partial charge in [-0.2, -0.15) is 0 Å². The molecule has 1 N–H and O–H groups in total. The van der Waals surface area contributed by atoms with Gasteiger partial charge in [-0.1, -0.05) is 12.6 Å². The monoisotopic (exact) mass is 206 g/mol. The van der Waals surface area contributed by atoms with E-state index in [1.165, 1.54) is 12.1 Å². The molecule has 0 heterocycles. The first kappa shape index (κ1) is 11.0. The summed E-state index contributed by atoms with van der Waals surface area (Å²) in [7, 11) is 0. The van der Waals surface area contributed by atoms with Crippen LogP contribution in [0.4, 0.5) is 0 Å². The van der Waals surface area contributed by atoms with Crippen LogP contribution in [-0.2, 0) is 9.53 Å². The van der Waals surface area contributed by atoms with E-state index in [9.17, 15) is 14.7 Å². The van der Waals surface area contributed by atoms with Gasteiger partial charge in [-0.25, -0.2) is 9.59 Å². The summed E-state index contributed by atoms with van der Waals surface area (Å²) >= 11 is 0. The minimum absolute atomic E-state index is 0.0456. The highest BCUT2D eigenvalue weighted by Crippen LogP contribution is 2.19. The predicted octanol–water partition coefficient (Wildman–Crippen LogP) is 1.57. The molecule has 1 rings (SSSR count). The van der Waals surface area contributed by atoms with Crippen molar-refractivity contribution in [1.82, 2.24) is 0 Å². The zero-order valence-electron chi connectivity index (χ0n) is 8.19. The Hall–Kier alpha value is -2.10. The Morgan fingerprint density at radius 1 is 1.47 bits per heavy atom. The number of carbonyl (C=O) groups is 2. The van der Waals surface area contributed by atoms with Gasteiger partial charge >= 0.3 is 11.9 Å². The zero-order valence-corrected chi connectivity index (χ0v) is 8.19. The number of phenols is 1. The molecule has 1 aromatic rings. The summed E-state index contributed by atoms with van der Waals surface area (Å²) in [6.07, 6.45) is 0.878. The van der Waals surface area contributed by atoms with Crippen molar-refractivity contribution in [3.8, 4) is 5.75 Å². The molecule has 4 heteroatoms. The first-order chi connectivity index (χ1) is 7.04. The van der Waals surface area contributed by atoms with E-state index in [1.54, 1.807) is 13.0 Å². The fourth-order valence-corrected chi connectivity index (χ4v) is 1.00. The van der Waals surface area contributed by atoms with Crippen LogP contribution in [0.5, 0.6) is 5.75 Å². The molecule has 4 nitrogen and oxygen atoms in total. The number of hydrogen-bond acceptors (Lipinski definition) is 4. The van der Waals surface area contributed by atoms with Crippen LogP contribution in [0.15, 0.2) is 30.9 Å². The smallest absolute Gasteiger partial charge is 0.349 e. The molecule has 0 bridgehead atoms. The molecule has 0 aliphatic heterocycles. The fourth-order valence-electron chi connectivity index (χ4n) is 1.00. The van der Waals surface area contributed by atoms with Crippen LogP contribution in [0.25, 0.3) is 0 Å². The second-order valence-corrected chi connectivity index (χ2v) is 2.93. The lowest BCUT2D eigenvalue weighted by Gasteiger charge is -2.03. The van der Waals surface area contributed by atoms with Crippen LogP contribution >= 0.6 is 0 Å². The van der Waals surface area contributed by atoms with Gasteiger partial charge in [0.15, 0.2) is 0 Å². The molecule has 0 aliphatic carbocycles. The van der Waals surface area contributed by atoms with Gasteiger partial charge in [0.25, 0.3) is 0 Å².